The number of carbonyl (C=O) groups is 2. The number of amides is 2. The minimum Gasteiger partial charge on any atom is -0.347 e. The number of carbonyl (C=O) groups excluding carboxylic acids is 2. The lowest BCUT2D eigenvalue weighted by Gasteiger charge is -2.20. The number of halogens is 2. The zero-order valence-corrected chi connectivity index (χ0v) is 15.2. The van der Waals surface area contributed by atoms with E-state index < -0.39 is 12.3 Å². The number of benzene rings is 1. The van der Waals surface area contributed by atoms with Crippen molar-refractivity contribution in [2.24, 2.45) is 0 Å². The van der Waals surface area contributed by atoms with Gasteiger partial charge in [-0.2, -0.15) is 8.78 Å². The Morgan fingerprint density at radius 1 is 1.19 bits per heavy atom. The van der Waals surface area contributed by atoms with E-state index in [1.807, 2.05) is 12.1 Å². The Balaban J connectivity index is 1.44. The van der Waals surface area contributed by atoms with Gasteiger partial charge in [-0.05, 0) is 49.1 Å². The molecule has 2 aliphatic rings. The Labute approximate surface area is 159 Å². The lowest BCUT2D eigenvalue weighted by Crippen LogP contribution is -2.42. The molecule has 0 radical (unpaired) electrons. The summed E-state index contributed by atoms with van der Waals surface area (Å²) in [4.78, 5) is 25.1. The summed E-state index contributed by atoms with van der Waals surface area (Å²) in [6, 6.07) is 11.3. The summed E-state index contributed by atoms with van der Waals surface area (Å²) < 4.78 is 24.8. The summed E-state index contributed by atoms with van der Waals surface area (Å²) in [5.74, 6) is -1.43. The summed E-state index contributed by atoms with van der Waals surface area (Å²) in [5, 5.41) is 8.78. The van der Waals surface area contributed by atoms with Gasteiger partial charge in [-0.15, -0.1) is 11.3 Å². The van der Waals surface area contributed by atoms with E-state index in [1.54, 1.807) is 24.3 Å². The van der Waals surface area contributed by atoms with Gasteiger partial charge in [0.2, 0.25) is 0 Å². The number of fused-ring (bicyclic) bond motifs is 2. The number of alkyl halides is 2. The predicted octanol–water partition coefficient (Wildman–Crippen LogP) is 3.24. The quantitative estimate of drug-likeness (QED) is 0.733. The molecule has 0 aliphatic carbocycles. The standard InChI is InChI=1S/C19H19F2N3O2S/c20-17(21)19(26)23-11-3-1-2-10(8-11)15-6-7-16(27-15)18(25)24-14-9-12-4-5-13(14)22-12/h1-3,6-8,12-14,17,22H,4-5,9H2,(H,23,26)(H,24,25)/t12-,13+,14-/m1/s1. The van der Waals surface area contributed by atoms with Crippen LogP contribution in [-0.4, -0.2) is 36.4 Å². The van der Waals surface area contributed by atoms with Gasteiger partial charge in [-0.25, -0.2) is 0 Å². The van der Waals surface area contributed by atoms with Gasteiger partial charge in [0.05, 0.1) is 4.88 Å². The van der Waals surface area contributed by atoms with Gasteiger partial charge >= 0.3 is 6.43 Å². The molecule has 1 aromatic heterocycles. The lowest BCUT2D eigenvalue weighted by molar-refractivity contribution is -0.126. The van der Waals surface area contributed by atoms with Gasteiger partial charge in [0.25, 0.3) is 11.8 Å². The van der Waals surface area contributed by atoms with Gasteiger partial charge in [-0.1, -0.05) is 12.1 Å². The van der Waals surface area contributed by atoms with Crippen molar-refractivity contribution in [1.82, 2.24) is 10.6 Å². The third kappa shape index (κ3) is 3.86. The second-order valence-electron chi connectivity index (χ2n) is 6.90. The molecule has 8 heteroatoms. The maximum absolute atomic E-state index is 12.5. The molecule has 0 spiro atoms. The molecule has 3 atom stereocenters. The number of anilines is 1. The molecule has 3 N–H and O–H groups in total. The van der Waals surface area contributed by atoms with E-state index in [4.69, 9.17) is 0 Å². The largest absolute Gasteiger partial charge is 0.347 e. The number of hydrogen-bond acceptors (Lipinski definition) is 4. The zero-order chi connectivity index (χ0) is 19.0. The van der Waals surface area contributed by atoms with E-state index >= 15 is 0 Å². The minimum absolute atomic E-state index is 0.0900. The first-order valence-corrected chi connectivity index (χ1v) is 9.67. The normalized spacial score (nSPS) is 23.6. The van der Waals surface area contributed by atoms with E-state index in [1.165, 1.54) is 17.8 Å². The van der Waals surface area contributed by atoms with E-state index in [2.05, 4.69) is 16.0 Å². The van der Waals surface area contributed by atoms with Crippen molar-refractivity contribution in [3.63, 3.8) is 0 Å². The number of hydrogen-bond donors (Lipinski definition) is 3. The zero-order valence-electron chi connectivity index (χ0n) is 14.4. The average molecular weight is 391 g/mol. The molecule has 142 valence electrons. The first-order valence-electron chi connectivity index (χ1n) is 8.86. The van der Waals surface area contributed by atoms with Crippen LogP contribution >= 0.6 is 11.3 Å². The third-order valence-corrected chi connectivity index (χ3v) is 6.19. The van der Waals surface area contributed by atoms with Crippen molar-refractivity contribution < 1.29 is 18.4 Å². The van der Waals surface area contributed by atoms with Crippen molar-refractivity contribution in [3.8, 4) is 10.4 Å². The van der Waals surface area contributed by atoms with E-state index in [0.717, 1.165) is 23.3 Å². The van der Waals surface area contributed by atoms with Crippen LogP contribution in [0, 0.1) is 0 Å². The number of rotatable bonds is 5. The van der Waals surface area contributed by atoms with Crippen LogP contribution in [0.25, 0.3) is 10.4 Å². The van der Waals surface area contributed by atoms with Gasteiger partial charge < -0.3 is 16.0 Å². The average Bonchev–Trinajstić information content (AvgIpc) is 3.38. The van der Waals surface area contributed by atoms with Gasteiger partial charge in [0.1, 0.15) is 0 Å². The molecular weight excluding hydrogens is 372 g/mol. The Kier molecular flexibility index (Phi) is 4.92. The van der Waals surface area contributed by atoms with Crippen LogP contribution in [0.2, 0.25) is 0 Å². The molecule has 2 aliphatic heterocycles. The smallest absolute Gasteiger partial charge is 0.315 e. The SMILES string of the molecule is O=C(N[C@@H]1C[C@H]2CC[C@@H]1N2)c1ccc(-c2cccc(NC(=O)C(F)F)c2)s1. The fraction of sp³-hybridized carbons (Fsp3) is 0.368. The Hall–Kier alpha value is -2.32. The van der Waals surface area contributed by atoms with Gasteiger partial charge in [0.15, 0.2) is 0 Å². The molecule has 5 nitrogen and oxygen atoms in total. The highest BCUT2D eigenvalue weighted by Crippen LogP contribution is 2.31. The molecule has 0 saturated carbocycles. The summed E-state index contributed by atoms with van der Waals surface area (Å²) in [6.07, 6.45) is 0.188. The lowest BCUT2D eigenvalue weighted by atomic mass is 9.95. The summed E-state index contributed by atoms with van der Waals surface area (Å²) >= 11 is 1.34. The summed E-state index contributed by atoms with van der Waals surface area (Å²) in [7, 11) is 0. The highest BCUT2D eigenvalue weighted by Gasteiger charge is 2.39. The predicted molar refractivity (Wildman–Crippen MR) is 100 cm³/mol. The second-order valence-corrected chi connectivity index (χ2v) is 7.98. The second kappa shape index (κ2) is 7.36. The Morgan fingerprint density at radius 3 is 2.74 bits per heavy atom. The van der Waals surface area contributed by atoms with Crippen LogP contribution in [0.4, 0.5) is 14.5 Å². The molecular formula is C19H19F2N3O2S. The molecule has 2 saturated heterocycles. The highest BCUT2D eigenvalue weighted by molar-refractivity contribution is 7.17. The molecule has 2 amide bonds. The third-order valence-electron chi connectivity index (χ3n) is 5.06. The fourth-order valence-corrected chi connectivity index (χ4v) is 4.69. The van der Waals surface area contributed by atoms with Crippen LogP contribution in [-0.2, 0) is 4.79 Å². The van der Waals surface area contributed by atoms with Crippen molar-refractivity contribution in [1.29, 1.82) is 0 Å². The van der Waals surface area contributed by atoms with Crippen molar-refractivity contribution in [2.75, 3.05) is 5.32 Å². The molecule has 4 rings (SSSR count). The number of nitrogens with one attached hydrogen (secondary N) is 3. The van der Waals surface area contributed by atoms with Crippen LogP contribution in [0.5, 0.6) is 0 Å². The molecule has 3 heterocycles. The first kappa shape index (κ1) is 18.1. The van der Waals surface area contributed by atoms with Gasteiger partial charge in [0, 0.05) is 28.7 Å². The van der Waals surface area contributed by atoms with E-state index in [9.17, 15) is 18.4 Å². The van der Waals surface area contributed by atoms with Crippen molar-refractivity contribution in [3.05, 3.63) is 41.3 Å². The van der Waals surface area contributed by atoms with Gasteiger partial charge in [-0.3, -0.25) is 9.59 Å². The van der Waals surface area contributed by atoms with Crippen LogP contribution in [0.3, 0.4) is 0 Å². The van der Waals surface area contributed by atoms with Crippen LogP contribution < -0.4 is 16.0 Å². The molecule has 0 unspecified atom stereocenters. The van der Waals surface area contributed by atoms with Crippen molar-refractivity contribution >= 4 is 28.8 Å². The Bertz CT molecular complexity index is 870. The molecule has 2 aromatic rings. The topological polar surface area (TPSA) is 70.2 Å². The monoisotopic (exact) mass is 391 g/mol. The van der Waals surface area contributed by atoms with Crippen LogP contribution in [0.15, 0.2) is 36.4 Å². The number of thiophene rings is 1. The minimum atomic E-state index is -3.06. The highest BCUT2D eigenvalue weighted by atomic mass is 32.1. The summed E-state index contributed by atoms with van der Waals surface area (Å²) in [5.41, 5.74) is 1.05. The van der Waals surface area contributed by atoms with E-state index in [0.29, 0.717) is 22.6 Å². The molecule has 2 fully saturated rings. The maximum atomic E-state index is 12.5. The maximum Gasteiger partial charge on any atom is 0.315 e. The molecule has 27 heavy (non-hydrogen) atoms. The molecule has 1 aromatic carbocycles. The first-order chi connectivity index (χ1) is 13.0. The summed E-state index contributed by atoms with van der Waals surface area (Å²) in [6.45, 7) is 0. The van der Waals surface area contributed by atoms with E-state index in [-0.39, 0.29) is 11.9 Å². The molecule has 2 bridgehead atoms. The van der Waals surface area contributed by atoms with Crippen LogP contribution in [0.1, 0.15) is 28.9 Å². The Morgan fingerprint density at radius 2 is 2.04 bits per heavy atom. The van der Waals surface area contributed by atoms with Crippen molar-refractivity contribution in [2.45, 2.75) is 43.8 Å². The fourth-order valence-electron chi connectivity index (χ4n) is 3.79.